The van der Waals surface area contributed by atoms with Gasteiger partial charge in [-0.2, -0.15) is 0 Å². The van der Waals surface area contributed by atoms with Gasteiger partial charge in [0.25, 0.3) is 5.91 Å². The summed E-state index contributed by atoms with van der Waals surface area (Å²) in [6, 6.07) is 6.95. The van der Waals surface area contributed by atoms with E-state index < -0.39 is 11.5 Å². The van der Waals surface area contributed by atoms with Gasteiger partial charge in [-0.25, -0.2) is 4.79 Å². The van der Waals surface area contributed by atoms with Crippen LogP contribution in [0.2, 0.25) is 0 Å². The van der Waals surface area contributed by atoms with Crippen LogP contribution < -0.4 is 15.4 Å². The van der Waals surface area contributed by atoms with Crippen LogP contribution in [0.3, 0.4) is 0 Å². The zero-order valence-electron chi connectivity index (χ0n) is 15.5. The second-order valence-electron chi connectivity index (χ2n) is 6.34. The van der Waals surface area contributed by atoms with Crippen molar-refractivity contribution in [2.45, 2.75) is 38.1 Å². The first kappa shape index (κ1) is 20.7. The van der Waals surface area contributed by atoms with Gasteiger partial charge in [-0.1, -0.05) is 12.1 Å². The quantitative estimate of drug-likeness (QED) is 0.559. The molecule has 1 aromatic carbocycles. The van der Waals surface area contributed by atoms with Crippen LogP contribution in [0.25, 0.3) is 0 Å². The highest BCUT2D eigenvalue weighted by molar-refractivity contribution is 5.96. The molecule has 0 radical (unpaired) electrons. The van der Waals surface area contributed by atoms with E-state index in [4.69, 9.17) is 9.47 Å². The Morgan fingerprint density at radius 2 is 1.93 bits per heavy atom. The van der Waals surface area contributed by atoms with Gasteiger partial charge in [0.15, 0.2) is 0 Å². The predicted molar refractivity (Wildman–Crippen MR) is 97.7 cm³/mol. The molecule has 8 heteroatoms. The number of hydrogen-bond donors (Lipinski definition) is 3. The summed E-state index contributed by atoms with van der Waals surface area (Å²) in [5.41, 5.74) is -0.814. The number of hydrogen-bond acceptors (Lipinski definition) is 5. The van der Waals surface area contributed by atoms with Crippen molar-refractivity contribution in [3.63, 3.8) is 0 Å². The monoisotopic (exact) mass is 378 g/mol. The van der Waals surface area contributed by atoms with E-state index >= 15 is 0 Å². The molecule has 0 unspecified atom stereocenters. The SMILES string of the molecule is CCOc1ccccc1C(=O)NCCCC(=O)NC1(C(=O)O)CCOCC1. The summed E-state index contributed by atoms with van der Waals surface area (Å²) in [5.74, 6) is -1.15. The molecule has 1 aromatic rings. The summed E-state index contributed by atoms with van der Waals surface area (Å²) in [6.07, 6.45) is 1.03. The highest BCUT2D eigenvalue weighted by Crippen LogP contribution is 2.21. The molecule has 2 amide bonds. The van der Waals surface area contributed by atoms with Crippen LogP contribution in [0.1, 0.15) is 43.0 Å². The average molecular weight is 378 g/mol. The molecule has 148 valence electrons. The highest BCUT2D eigenvalue weighted by atomic mass is 16.5. The minimum Gasteiger partial charge on any atom is -0.493 e. The van der Waals surface area contributed by atoms with Crippen molar-refractivity contribution in [1.29, 1.82) is 0 Å². The average Bonchev–Trinajstić information content (AvgIpc) is 2.66. The van der Waals surface area contributed by atoms with E-state index in [0.717, 1.165) is 0 Å². The van der Waals surface area contributed by atoms with E-state index in [1.54, 1.807) is 24.3 Å². The van der Waals surface area contributed by atoms with E-state index in [0.29, 0.717) is 44.1 Å². The zero-order valence-corrected chi connectivity index (χ0v) is 15.5. The van der Waals surface area contributed by atoms with Gasteiger partial charge >= 0.3 is 5.97 Å². The number of aliphatic carboxylic acids is 1. The smallest absolute Gasteiger partial charge is 0.329 e. The van der Waals surface area contributed by atoms with Gasteiger partial charge in [0.05, 0.1) is 12.2 Å². The van der Waals surface area contributed by atoms with Gasteiger partial charge in [0, 0.05) is 39.0 Å². The van der Waals surface area contributed by atoms with Crippen molar-refractivity contribution in [2.24, 2.45) is 0 Å². The van der Waals surface area contributed by atoms with Crippen LogP contribution in [-0.4, -0.2) is 54.8 Å². The van der Waals surface area contributed by atoms with E-state index in [-0.39, 0.29) is 31.1 Å². The first-order valence-electron chi connectivity index (χ1n) is 9.10. The molecular weight excluding hydrogens is 352 g/mol. The number of rotatable bonds is 9. The van der Waals surface area contributed by atoms with Gasteiger partial charge in [0.1, 0.15) is 11.3 Å². The highest BCUT2D eigenvalue weighted by Gasteiger charge is 2.41. The van der Waals surface area contributed by atoms with Crippen LogP contribution in [0, 0.1) is 0 Å². The lowest BCUT2D eigenvalue weighted by molar-refractivity contribution is -0.152. The molecule has 27 heavy (non-hydrogen) atoms. The topological polar surface area (TPSA) is 114 Å². The molecule has 1 aliphatic heterocycles. The summed E-state index contributed by atoms with van der Waals surface area (Å²) < 4.78 is 10.6. The summed E-state index contributed by atoms with van der Waals surface area (Å²) in [5, 5.41) is 14.8. The fourth-order valence-electron chi connectivity index (χ4n) is 2.92. The van der Waals surface area contributed by atoms with Crippen LogP contribution >= 0.6 is 0 Å². The standard InChI is InChI=1S/C19H26N2O6/c1-2-27-15-7-4-3-6-14(15)17(23)20-11-5-8-16(22)21-19(18(24)25)9-12-26-13-10-19/h3-4,6-7H,2,5,8-13H2,1H3,(H,20,23)(H,21,22)(H,24,25). The van der Waals surface area contributed by atoms with Crippen LogP contribution in [0.4, 0.5) is 0 Å². The maximum absolute atomic E-state index is 12.3. The number of ether oxygens (including phenoxy) is 2. The molecule has 0 saturated carbocycles. The molecule has 8 nitrogen and oxygen atoms in total. The van der Waals surface area contributed by atoms with Crippen LogP contribution in [0.5, 0.6) is 5.75 Å². The molecule has 0 spiro atoms. The number of carboxylic acids is 1. The van der Waals surface area contributed by atoms with Crippen LogP contribution in [0.15, 0.2) is 24.3 Å². The number of nitrogens with one attached hydrogen (secondary N) is 2. The number of benzene rings is 1. The third-order valence-electron chi connectivity index (χ3n) is 4.43. The third-order valence-corrected chi connectivity index (χ3v) is 4.43. The van der Waals surface area contributed by atoms with Crippen LogP contribution in [-0.2, 0) is 14.3 Å². The summed E-state index contributed by atoms with van der Waals surface area (Å²) >= 11 is 0. The van der Waals surface area contributed by atoms with Crippen molar-refractivity contribution in [2.75, 3.05) is 26.4 Å². The first-order valence-corrected chi connectivity index (χ1v) is 9.10. The molecule has 1 heterocycles. The zero-order chi connectivity index (χ0) is 19.7. The number of amides is 2. The number of para-hydroxylation sites is 1. The third kappa shape index (κ3) is 5.68. The molecule has 3 N–H and O–H groups in total. The fourth-order valence-corrected chi connectivity index (χ4v) is 2.92. The van der Waals surface area contributed by atoms with Gasteiger partial charge in [-0.05, 0) is 25.5 Å². The lowest BCUT2D eigenvalue weighted by atomic mass is 9.90. The Hall–Kier alpha value is -2.61. The fraction of sp³-hybridized carbons (Fsp3) is 0.526. The second kappa shape index (κ2) is 9.91. The van der Waals surface area contributed by atoms with E-state index in [1.807, 2.05) is 6.92 Å². The Labute approximate surface area is 158 Å². The summed E-state index contributed by atoms with van der Waals surface area (Å²) in [6.45, 7) is 3.22. The molecular formula is C19H26N2O6. The molecule has 0 aromatic heterocycles. The Morgan fingerprint density at radius 1 is 1.22 bits per heavy atom. The Morgan fingerprint density at radius 3 is 2.59 bits per heavy atom. The second-order valence-corrected chi connectivity index (χ2v) is 6.34. The Kier molecular flexibility index (Phi) is 7.60. The minimum absolute atomic E-state index is 0.128. The molecule has 0 bridgehead atoms. The maximum atomic E-state index is 12.3. The van der Waals surface area contributed by atoms with Gasteiger partial charge in [-0.3, -0.25) is 9.59 Å². The van der Waals surface area contributed by atoms with Crippen molar-refractivity contribution in [3.8, 4) is 5.75 Å². The lowest BCUT2D eigenvalue weighted by Gasteiger charge is -2.33. The lowest BCUT2D eigenvalue weighted by Crippen LogP contribution is -2.57. The maximum Gasteiger partial charge on any atom is 0.329 e. The minimum atomic E-state index is -1.25. The number of carboxylic acid groups (broad SMARTS) is 1. The number of carbonyl (C=O) groups is 3. The Bertz CT molecular complexity index is 670. The van der Waals surface area contributed by atoms with E-state index in [9.17, 15) is 19.5 Å². The van der Waals surface area contributed by atoms with E-state index in [1.165, 1.54) is 0 Å². The molecule has 0 aliphatic carbocycles. The molecule has 0 atom stereocenters. The van der Waals surface area contributed by atoms with Crippen molar-refractivity contribution in [3.05, 3.63) is 29.8 Å². The normalized spacial score (nSPS) is 15.6. The van der Waals surface area contributed by atoms with Gasteiger partial charge < -0.3 is 25.2 Å². The van der Waals surface area contributed by atoms with Crippen molar-refractivity contribution >= 4 is 17.8 Å². The van der Waals surface area contributed by atoms with E-state index in [2.05, 4.69) is 10.6 Å². The molecule has 2 rings (SSSR count). The van der Waals surface area contributed by atoms with Gasteiger partial charge in [-0.15, -0.1) is 0 Å². The van der Waals surface area contributed by atoms with Crippen molar-refractivity contribution < 1.29 is 29.0 Å². The number of carbonyl (C=O) groups excluding carboxylic acids is 2. The largest absolute Gasteiger partial charge is 0.493 e. The Balaban J connectivity index is 1.78. The molecule has 1 aliphatic rings. The predicted octanol–water partition coefficient (Wildman–Crippen LogP) is 1.35. The molecule has 1 saturated heterocycles. The summed E-state index contributed by atoms with van der Waals surface area (Å²) in [7, 11) is 0. The molecule has 1 fully saturated rings. The van der Waals surface area contributed by atoms with Gasteiger partial charge in [0.2, 0.25) is 5.91 Å². The van der Waals surface area contributed by atoms with Crippen molar-refractivity contribution in [1.82, 2.24) is 10.6 Å². The first-order chi connectivity index (χ1) is 13.0. The summed E-state index contributed by atoms with van der Waals surface area (Å²) in [4.78, 5) is 35.9.